The van der Waals surface area contributed by atoms with Gasteiger partial charge in [0.1, 0.15) is 9.84 Å². The summed E-state index contributed by atoms with van der Waals surface area (Å²) in [6.45, 7) is 0.122. The maximum atomic E-state index is 12.1. The molecule has 0 saturated carbocycles. The van der Waals surface area contributed by atoms with Gasteiger partial charge in [-0.25, -0.2) is 13.4 Å². The summed E-state index contributed by atoms with van der Waals surface area (Å²) in [6.07, 6.45) is 2.52. The van der Waals surface area contributed by atoms with Crippen LogP contribution in [0, 0.1) is 0 Å². The molecule has 0 aliphatic rings. The van der Waals surface area contributed by atoms with Crippen molar-refractivity contribution in [1.82, 2.24) is 9.55 Å². The normalized spacial score (nSPS) is 11.9. The van der Waals surface area contributed by atoms with Gasteiger partial charge in [-0.3, -0.25) is 9.36 Å². The van der Waals surface area contributed by atoms with Crippen LogP contribution in [0.3, 0.4) is 0 Å². The summed E-state index contributed by atoms with van der Waals surface area (Å²) < 4.78 is 24.3. The van der Waals surface area contributed by atoms with Gasteiger partial charge < -0.3 is 0 Å². The molecule has 1 aromatic carbocycles. The predicted octanol–water partition coefficient (Wildman–Crippen LogP) is 1.20. The lowest BCUT2D eigenvalue weighted by Gasteiger charge is -2.05. The third kappa shape index (κ3) is 2.97. The minimum Gasteiger partial charge on any atom is -0.298 e. The van der Waals surface area contributed by atoms with Gasteiger partial charge in [0, 0.05) is 17.3 Å². The molecule has 0 atom stereocenters. The maximum absolute atomic E-state index is 12.1. The van der Waals surface area contributed by atoms with E-state index in [1.165, 1.54) is 10.9 Å². The Morgan fingerprint density at radius 1 is 1.39 bits per heavy atom. The minimum atomic E-state index is -3.09. The lowest BCUT2D eigenvalue weighted by Crippen LogP contribution is -2.24. The number of halogens is 1. The summed E-state index contributed by atoms with van der Waals surface area (Å²) in [5.41, 5.74) is 0.362. The Morgan fingerprint density at radius 3 is 2.78 bits per heavy atom. The molecule has 2 rings (SSSR count). The quantitative estimate of drug-likeness (QED) is 0.848. The molecule has 7 heteroatoms. The molecule has 0 amide bonds. The van der Waals surface area contributed by atoms with Crippen molar-refractivity contribution < 1.29 is 8.42 Å². The average Bonchev–Trinajstić information content (AvgIpc) is 2.26. The van der Waals surface area contributed by atoms with E-state index in [9.17, 15) is 13.2 Å². The van der Waals surface area contributed by atoms with Crippen LogP contribution >= 0.6 is 15.9 Å². The van der Waals surface area contributed by atoms with Gasteiger partial charge in [0.15, 0.2) is 0 Å². The Bertz CT molecular complexity index is 752. The zero-order valence-corrected chi connectivity index (χ0v) is 12.0. The van der Waals surface area contributed by atoms with Gasteiger partial charge in [-0.2, -0.15) is 0 Å². The summed E-state index contributed by atoms with van der Waals surface area (Å²) in [7, 11) is -3.09. The Morgan fingerprint density at radius 2 is 2.11 bits per heavy atom. The molecule has 0 radical (unpaired) electrons. The zero-order chi connectivity index (χ0) is 13.3. The second-order valence-electron chi connectivity index (χ2n) is 4.03. The van der Waals surface area contributed by atoms with Crippen LogP contribution in [-0.4, -0.2) is 30.0 Å². The number of aryl methyl sites for hydroxylation is 1. The van der Waals surface area contributed by atoms with Crippen LogP contribution in [0.1, 0.15) is 0 Å². The van der Waals surface area contributed by atoms with Gasteiger partial charge in [-0.05, 0) is 18.2 Å². The van der Waals surface area contributed by atoms with E-state index in [-0.39, 0.29) is 17.9 Å². The smallest absolute Gasteiger partial charge is 0.261 e. The lowest BCUT2D eigenvalue weighted by molar-refractivity contribution is 0.592. The molecule has 0 bridgehead atoms. The number of nitrogens with zero attached hydrogens (tertiary/aromatic N) is 2. The molecule has 0 saturated heterocycles. The standard InChI is InChI=1S/C11H11BrN2O3S/c1-18(16,17)5-4-14-7-13-10-6-8(12)2-3-9(10)11(14)15/h2-3,6-7H,4-5H2,1H3. The largest absolute Gasteiger partial charge is 0.298 e. The molecule has 0 spiro atoms. The van der Waals surface area contributed by atoms with Crippen LogP contribution in [0.4, 0.5) is 0 Å². The number of hydrogen-bond donors (Lipinski definition) is 0. The van der Waals surface area contributed by atoms with Gasteiger partial charge in [0.2, 0.25) is 0 Å². The van der Waals surface area contributed by atoms with E-state index < -0.39 is 9.84 Å². The van der Waals surface area contributed by atoms with E-state index in [1.807, 2.05) is 0 Å². The molecule has 96 valence electrons. The highest BCUT2D eigenvalue weighted by Gasteiger charge is 2.07. The van der Waals surface area contributed by atoms with Crippen LogP contribution in [0.15, 0.2) is 33.8 Å². The fourth-order valence-electron chi connectivity index (χ4n) is 1.55. The number of sulfone groups is 1. The van der Waals surface area contributed by atoms with Gasteiger partial charge in [0.05, 0.1) is 23.0 Å². The number of hydrogen-bond acceptors (Lipinski definition) is 4. The van der Waals surface area contributed by atoms with Gasteiger partial charge in [-0.15, -0.1) is 0 Å². The van der Waals surface area contributed by atoms with Crippen molar-refractivity contribution in [3.63, 3.8) is 0 Å². The fourth-order valence-corrected chi connectivity index (χ4v) is 2.43. The van der Waals surface area contributed by atoms with Crippen molar-refractivity contribution in [2.45, 2.75) is 6.54 Å². The molecule has 5 nitrogen and oxygen atoms in total. The van der Waals surface area contributed by atoms with Crippen molar-refractivity contribution in [2.24, 2.45) is 0 Å². The maximum Gasteiger partial charge on any atom is 0.261 e. The highest BCUT2D eigenvalue weighted by atomic mass is 79.9. The highest BCUT2D eigenvalue weighted by molar-refractivity contribution is 9.10. The summed E-state index contributed by atoms with van der Waals surface area (Å²) in [5, 5.41) is 0.481. The minimum absolute atomic E-state index is 0.0728. The summed E-state index contributed by atoms with van der Waals surface area (Å²) >= 11 is 3.30. The second-order valence-corrected chi connectivity index (χ2v) is 7.21. The third-order valence-corrected chi connectivity index (χ3v) is 3.91. The molecule has 1 aromatic heterocycles. The van der Waals surface area contributed by atoms with E-state index >= 15 is 0 Å². The first-order valence-electron chi connectivity index (χ1n) is 5.19. The van der Waals surface area contributed by atoms with Gasteiger partial charge in [0.25, 0.3) is 5.56 Å². The molecule has 0 aliphatic carbocycles. The Kier molecular flexibility index (Phi) is 3.54. The van der Waals surface area contributed by atoms with Crippen molar-refractivity contribution in [3.05, 3.63) is 39.4 Å². The number of fused-ring (bicyclic) bond motifs is 1. The molecule has 0 aliphatic heterocycles. The van der Waals surface area contributed by atoms with E-state index in [0.717, 1.165) is 10.7 Å². The SMILES string of the molecule is CS(=O)(=O)CCn1cnc2cc(Br)ccc2c1=O. The van der Waals surface area contributed by atoms with Crippen molar-refractivity contribution in [3.8, 4) is 0 Å². The van der Waals surface area contributed by atoms with Gasteiger partial charge >= 0.3 is 0 Å². The van der Waals surface area contributed by atoms with Crippen molar-refractivity contribution in [1.29, 1.82) is 0 Å². The van der Waals surface area contributed by atoms with Gasteiger partial charge in [-0.1, -0.05) is 15.9 Å². The molecule has 0 unspecified atom stereocenters. The third-order valence-electron chi connectivity index (χ3n) is 2.49. The Hall–Kier alpha value is -1.21. The van der Waals surface area contributed by atoms with Crippen LogP contribution < -0.4 is 5.56 Å². The summed E-state index contributed by atoms with van der Waals surface area (Å²) in [4.78, 5) is 16.2. The lowest BCUT2D eigenvalue weighted by atomic mass is 10.2. The summed E-state index contributed by atoms with van der Waals surface area (Å²) in [5.74, 6) is -0.0728. The van der Waals surface area contributed by atoms with E-state index in [2.05, 4.69) is 20.9 Å². The topological polar surface area (TPSA) is 69.0 Å². The van der Waals surface area contributed by atoms with Crippen molar-refractivity contribution in [2.75, 3.05) is 12.0 Å². The van der Waals surface area contributed by atoms with Crippen LogP contribution in [0.25, 0.3) is 10.9 Å². The van der Waals surface area contributed by atoms with Crippen LogP contribution in [0.2, 0.25) is 0 Å². The molecule has 0 N–H and O–H groups in total. The molecule has 0 fully saturated rings. The van der Waals surface area contributed by atoms with Crippen LogP contribution in [0.5, 0.6) is 0 Å². The van der Waals surface area contributed by atoms with Crippen LogP contribution in [-0.2, 0) is 16.4 Å². The summed E-state index contributed by atoms with van der Waals surface area (Å²) in [6, 6.07) is 5.18. The predicted molar refractivity (Wildman–Crippen MR) is 73.4 cm³/mol. The zero-order valence-electron chi connectivity index (χ0n) is 9.63. The number of aromatic nitrogens is 2. The molecular weight excluding hydrogens is 320 g/mol. The van der Waals surface area contributed by atoms with E-state index in [1.54, 1.807) is 18.2 Å². The fraction of sp³-hybridized carbons (Fsp3) is 0.273. The molecular formula is C11H11BrN2O3S. The molecule has 18 heavy (non-hydrogen) atoms. The Balaban J connectivity index is 2.46. The first-order valence-corrected chi connectivity index (χ1v) is 8.04. The highest BCUT2D eigenvalue weighted by Crippen LogP contribution is 2.14. The molecule has 1 heterocycles. The first kappa shape index (κ1) is 13.2. The van der Waals surface area contributed by atoms with E-state index in [4.69, 9.17) is 0 Å². The molecule has 2 aromatic rings. The first-order chi connectivity index (χ1) is 8.37. The number of benzene rings is 1. The van der Waals surface area contributed by atoms with E-state index in [0.29, 0.717) is 10.9 Å². The monoisotopic (exact) mass is 330 g/mol. The second kappa shape index (κ2) is 4.81. The average molecular weight is 331 g/mol. The number of rotatable bonds is 3. The Labute approximate surface area is 113 Å². The van der Waals surface area contributed by atoms with Crippen molar-refractivity contribution >= 4 is 36.7 Å².